The fourth-order valence-electron chi connectivity index (χ4n) is 2.58. The molecule has 2 rings (SSSR count). The molecule has 148 valence electrons. The summed E-state index contributed by atoms with van der Waals surface area (Å²) in [6.07, 6.45) is -1.79. The number of hydrogen-bond donors (Lipinski definition) is 2. The van der Waals surface area contributed by atoms with Crippen LogP contribution in [0, 0.1) is 0 Å². The molecule has 2 N–H and O–H groups in total. The fourth-order valence-corrected chi connectivity index (χ4v) is 2.67. The SMILES string of the molecule is CC(C)(c1ccc(OC[C@H](O)C[18F])cc1)c1ccc(OC[C@H](O)CCl)cc1. The van der Waals surface area contributed by atoms with Gasteiger partial charge in [0.2, 0.25) is 0 Å². The normalized spacial score (nSPS) is 13.9. The summed E-state index contributed by atoms with van der Waals surface area (Å²) in [5.41, 5.74) is 1.95. The van der Waals surface area contributed by atoms with Gasteiger partial charge in [0.25, 0.3) is 0 Å². The van der Waals surface area contributed by atoms with Gasteiger partial charge in [-0.05, 0) is 35.4 Å². The zero-order chi connectivity index (χ0) is 19.9. The molecule has 4 nitrogen and oxygen atoms in total. The molecular formula is C21H26ClFO4. The highest BCUT2D eigenvalue weighted by molar-refractivity contribution is 6.18. The number of alkyl halides is 2. The molecule has 0 aliphatic rings. The molecule has 6 heteroatoms. The topological polar surface area (TPSA) is 58.9 Å². The van der Waals surface area contributed by atoms with E-state index in [1.165, 1.54) is 0 Å². The highest BCUT2D eigenvalue weighted by Gasteiger charge is 2.23. The zero-order valence-corrected chi connectivity index (χ0v) is 16.3. The van der Waals surface area contributed by atoms with E-state index < -0.39 is 18.9 Å². The Kier molecular flexibility index (Phi) is 7.90. The zero-order valence-electron chi connectivity index (χ0n) is 15.6. The van der Waals surface area contributed by atoms with Gasteiger partial charge < -0.3 is 19.7 Å². The third-order valence-electron chi connectivity index (χ3n) is 4.39. The average molecular weight is 396 g/mol. The van der Waals surface area contributed by atoms with E-state index in [0.717, 1.165) is 11.1 Å². The number of benzene rings is 2. The van der Waals surface area contributed by atoms with Crippen LogP contribution in [0.15, 0.2) is 48.5 Å². The van der Waals surface area contributed by atoms with Crippen molar-refractivity contribution >= 4 is 11.6 Å². The molecule has 2 atom stereocenters. The third-order valence-corrected chi connectivity index (χ3v) is 4.75. The molecule has 0 heterocycles. The van der Waals surface area contributed by atoms with Crippen molar-refractivity contribution in [2.45, 2.75) is 31.5 Å². The number of hydrogen-bond acceptors (Lipinski definition) is 4. The molecule has 0 aromatic heterocycles. The summed E-state index contributed by atoms with van der Waals surface area (Å²) in [7, 11) is 0. The van der Waals surface area contributed by atoms with E-state index in [2.05, 4.69) is 13.8 Å². The van der Waals surface area contributed by atoms with Crippen molar-refractivity contribution in [2.24, 2.45) is 0 Å². The molecule has 0 fully saturated rings. The van der Waals surface area contributed by atoms with Crippen LogP contribution in [-0.4, -0.2) is 48.2 Å². The largest absolute Gasteiger partial charge is 0.491 e. The monoisotopic (exact) mass is 395 g/mol. The second-order valence-corrected chi connectivity index (χ2v) is 7.22. The lowest BCUT2D eigenvalue weighted by molar-refractivity contribution is 0.0842. The van der Waals surface area contributed by atoms with Crippen molar-refractivity contribution in [3.63, 3.8) is 0 Å². The van der Waals surface area contributed by atoms with Gasteiger partial charge in [-0.3, -0.25) is 0 Å². The molecule has 0 aliphatic carbocycles. The van der Waals surface area contributed by atoms with Gasteiger partial charge in [0.15, 0.2) is 0 Å². The maximum atomic E-state index is 12.3. The van der Waals surface area contributed by atoms with Crippen LogP contribution < -0.4 is 9.47 Å². The van der Waals surface area contributed by atoms with Gasteiger partial charge in [-0.25, -0.2) is 4.39 Å². The Bertz CT molecular complexity index is 629. The first-order chi connectivity index (χ1) is 12.9. The average Bonchev–Trinajstić information content (AvgIpc) is 2.70. The molecule has 0 saturated carbocycles. The van der Waals surface area contributed by atoms with Crippen LogP contribution in [0.3, 0.4) is 0 Å². The Hall–Kier alpha value is -1.82. The van der Waals surface area contributed by atoms with Gasteiger partial charge in [0.05, 0.1) is 5.88 Å². The number of aliphatic hydroxyl groups excluding tert-OH is 2. The first-order valence-electron chi connectivity index (χ1n) is 8.81. The van der Waals surface area contributed by atoms with Crippen LogP contribution in [-0.2, 0) is 5.41 Å². The molecule has 0 bridgehead atoms. The van der Waals surface area contributed by atoms with Crippen LogP contribution in [0.25, 0.3) is 0 Å². The fraction of sp³-hybridized carbons (Fsp3) is 0.429. The summed E-state index contributed by atoms with van der Waals surface area (Å²) in [6.45, 7) is 3.49. The minimum Gasteiger partial charge on any atom is -0.491 e. The summed E-state index contributed by atoms with van der Waals surface area (Å²) in [6, 6.07) is 15.3. The Labute approximate surface area is 164 Å². The van der Waals surface area contributed by atoms with Gasteiger partial charge >= 0.3 is 0 Å². The number of ether oxygens (including phenoxy) is 2. The van der Waals surface area contributed by atoms with Gasteiger partial charge in [-0.15, -0.1) is 11.6 Å². The van der Waals surface area contributed by atoms with E-state index in [1.54, 1.807) is 0 Å². The van der Waals surface area contributed by atoms with Crippen LogP contribution in [0.2, 0.25) is 0 Å². The third kappa shape index (κ3) is 6.09. The van der Waals surface area contributed by atoms with Gasteiger partial charge in [-0.2, -0.15) is 0 Å². The van der Waals surface area contributed by atoms with Crippen LogP contribution >= 0.6 is 11.6 Å². The Morgan fingerprint density at radius 2 is 1.26 bits per heavy atom. The van der Waals surface area contributed by atoms with Crippen molar-refractivity contribution in [3.05, 3.63) is 59.7 Å². The molecular weight excluding hydrogens is 370 g/mol. The Balaban J connectivity index is 2.04. The second kappa shape index (κ2) is 9.93. The number of halogens is 2. The maximum absolute atomic E-state index is 12.3. The second-order valence-electron chi connectivity index (χ2n) is 6.91. The Morgan fingerprint density at radius 3 is 1.63 bits per heavy atom. The van der Waals surface area contributed by atoms with Gasteiger partial charge in [0, 0.05) is 5.41 Å². The highest BCUT2D eigenvalue weighted by Crippen LogP contribution is 2.33. The lowest BCUT2D eigenvalue weighted by Crippen LogP contribution is -2.20. The summed E-state index contributed by atoms with van der Waals surface area (Å²) in [5.74, 6) is 1.40. The number of aliphatic hydroxyl groups is 2. The molecule has 0 radical (unpaired) electrons. The number of rotatable bonds is 10. The lowest BCUT2D eigenvalue weighted by atomic mass is 9.78. The maximum Gasteiger partial charge on any atom is 0.119 e. The molecule has 0 amide bonds. The molecule has 27 heavy (non-hydrogen) atoms. The standard InChI is InChI=1S/C21H26ClFO4/c1-21(2,15-3-7-19(8-4-15)26-13-17(24)11-22)16-5-9-20(10-6-16)27-14-18(25)12-23/h3-10,17-18,24-25H,11-14H2,1-2H3/t17-,18-/m1/s1/i23-1. The molecule has 2 aromatic carbocycles. The summed E-state index contributed by atoms with van der Waals surface area (Å²) in [4.78, 5) is 0. The summed E-state index contributed by atoms with van der Waals surface area (Å²) in [5, 5.41) is 18.7. The van der Waals surface area contributed by atoms with E-state index in [4.69, 9.17) is 21.1 Å². The minimum atomic E-state index is -1.10. The lowest BCUT2D eigenvalue weighted by Gasteiger charge is -2.26. The van der Waals surface area contributed by atoms with Gasteiger partial charge in [-0.1, -0.05) is 38.1 Å². The predicted octanol–water partition coefficient (Wildman–Crippen LogP) is 3.70. The predicted molar refractivity (Wildman–Crippen MR) is 105 cm³/mol. The highest BCUT2D eigenvalue weighted by atomic mass is 35.5. The van der Waals surface area contributed by atoms with E-state index >= 15 is 0 Å². The Morgan fingerprint density at radius 1 is 0.852 bits per heavy atom. The molecule has 0 spiro atoms. The smallest absolute Gasteiger partial charge is 0.119 e. The van der Waals surface area contributed by atoms with Crippen LogP contribution in [0.1, 0.15) is 25.0 Å². The quantitative estimate of drug-likeness (QED) is 0.602. The van der Waals surface area contributed by atoms with Gasteiger partial charge in [0.1, 0.15) is 43.6 Å². The first-order valence-corrected chi connectivity index (χ1v) is 9.35. The van der Waals surface area contributed by atoms with Crippen LogP contribution in [0.4, 0.5) is 4.39 Å². The summed E-state index contributed by atoms with van der Waals surface area (Å²) < 4.78 is 23.1. The summed E-state index contributed by atoms with van der Waals surface area (Å²) >= 11 is 5.56. The van der Waals surface area contributed by atoms with Crippen molar-refractivity contribution in [2.75, 3.05) is 25.8 Å². The minimum absolute atomic E-state index is 0.0703. The van der Waals surface area contributed by atoms with Crippen molar-refractivity contribution in [1.29, 1.82) is 0 Å². The van der Waals surface area contributed by atoms with E-state index in [-0.39, 0.29) is 24.5 Å². The van der Waals surface area contributed by atoms with E-state index in [0.29, 0.717) is 11.5 Å². The van der Waals surface area contributed by atoms with Crippen LogP contribution in [0.5, 0.6) is 11.5 Å². The molecule has 0 aliphatic heterocycles. The van der Waals surface area contributed by atoms with E-state index in [1.807, 2.05) is 48.5 Å². The molecule has 2 aromatic rings. The van der Waals surface area contributed by atoms with Crippen molar-refractivity contribution in [3.8, 4) is 11.5 Å². The first kappa shape index (κ1) is 21.5. The van der Waals surface area contributed by atoms with E-state index in [9.17, 15) is 14.6 Å². The van der Waals surface area contributed by atoms with Crippen molar-refractivity contribution < 1.29 is 24.1 Å². The molecule has 0 unspecified atom stereocenters. The molecule has 0 saturated heterocycles. The van der Waals surface area contributed by atoms with Crippen molar-refractivity contribution in [1.82, 2.24) is 0 Å².